The van der Waals surface area contributed by atoms with Gasteiger partial charge < -0.3 is 10.2 Å². The van der Waals surface area contributed by atoms with Crippen molar-refractivity contribution < 1.29 is 14.5 Å². The van der Waals surface area contributed by atoms with Crippen LogP contribution in [0.2, 0.25) is 0 Å². The number of rotatable bonds is 3. The van der Waals surface area contributed by atoms with Gasteiger partial charge in [0.1, 0.15) is 5.54 Å². The summed E-state index contributed by atoms with van der Waals surface area (Å²) in [6.07, 6.45) is 7.65. The predicted octanol–water partition coefficient (Wildman–Crippen LogP) is 2.80. The summed E-state index contributed by atoms with van der Waals surface area (Å²) >= 11 is 0. The summed E-state index contributed by atoms with van der Waals surface area (Å²) < 4.78 is 0. The van der Waals surface area contributed by atoms with Crippen LogP contribution < -0.4 is 10.2 Å². The van der Waals surface area contributed by atoms with E-state index in [9.17, 15) is 9.59 Å². The van der Waals surface area contributed by atoms with E-state index < -0.39 is 5.54 Å². The minimum absolute atomic E-state index is 0.122. The van der Waals surface area contributed by atoms with Gasteiger partial charge in [-0.2, -0.15) is 0 Å². The van der Waals surface area contributed by atoms with Gasteiger partial charge in [-0.25, -0.2) is 9.69 Å². The summed E-state index contributed by atoms with van der Waals surface area (Å²) in [4.78, 5) is 29.2. The zero-order valence-corrected chi connectivity index (χ0v) is 17.1. The largest absolute Gasteiger partial charge is 0.329 e. The molecule has 2 N–H and O–H groups in total. The van der Waals surface area contributed by atoms with E-state index >= 15 is 0 Å². The number of amides is 3. The van der Waals surface area contributed by atoms with Gasteiger partial charge in [0.2, 0.25) is 0 Å². The van der Waals surface area contributed by atoms with E-state index in [1.807, 2.05) is 43.3 Å². The van der Waals surface area contributed by atoms with Crippen LogP contribution in [0.4, 0.5) is 4.79 Å². The predicted molar refractivity (Wildman–Crippen MR) is 112 cm³/mol. The lowest BCUT2D eigenvalue weighted by Gasteiger charge is -2.42. The molecule has 152 valence electrons. The number of likely N-dealkylation sites (tertiary alicyclic amines) is 1. The first-order chi connectivity index (χ1) is 14.1. The van der Waals surface area contributed by atoms with Gasteiger partial charge in [-0.05, 0) is 61.4 Å². The summed E-state index contributed by atoms with van der Waals surface area (Å²) in [7, 11) is 0. The second kappa shape index (κ2) is 7.13. The SMILES string of the molecule is C[C@@]1(c2ccc3ccccc3c2)NC(=O)N(C[NH+]2CCC[C@H]3CCCC[C@@H]32)C1=O. The normalized spacial score (nSPS) is 32.3. The molecule has 0 spiro atoms. The minimum atomic E-state index is -0.998. The van der Waals surface area contributed by atoms with Gasteiger partial charge in [-0.1, -0.05) is 42.8 Å². The van der Waals surface area contributed by atoms with Gasteiger partial charge in [0, 0.05) is 5.92 Å². The van der Waals surface area contributed by atoms with Gasteiger partial charge in [-0.15, -0.1) is 0 Å². The highest BCUT2D eigenvalue weighted by Gasteiger charge is 2.51. The van der Waals surface area contributed by atoms with Crippen LogP contribution in [0.25, 0.3) is 10.8 Å². The van der Waals surface area contributed by atoms with Crippen molar-refractivity contribution in [3.8, 4) is 0 Å². The molecule has 0 radical (unpaired) electrons. The Morgan fingerprint density at radius 1 is 1.03 bits per heavy atom. The van der Waals surface area contributed by atoms with Crippen LogP contribution in [0.3, 0.4) is 0 Å². The molecule has 2 heterocycles. The molecule has 2 aromatic carbocycles. The zero-order chi connectivity index (χ0) is 20.0. The molecule has 0 bridgehead atoms. The van der Waals surface area contributed by atoms with Crippen molar-refractivity contribution in [2.75, 3.05) is 13.2 Å². The Balaban J connectivity index is 1.40. The van der Waals surface area contributed by atoms with E-state index in [-0.39, 0.29) is 11.9 Å². The van der Waals surface area contributed by atoms with Crippen LogP contribution in [0, 0.1) is 5.92 Å². The average molecular weight is 393 g/mol. The molecule has 5 heteroatoms. The summed E-state index contributed by atoms with van der Waals surface area (Å²) in [5, 5.41) is 5.21. The van der Waals surface area contributed by atoms with E-state index in [2.05, 4.69) is 11.4 Å². The fourth-order valence-corrected chi connectivity index (χ4v) is 5.80. The Hall–Kier alpha value is -2.40. The van der Waals surface area contributed by atoms with E-state index in [1.165, 1.54) is 48.3 Å². The third-order valence-electron chi connectivity index (χ3n) is 7.47. The van der Waals surface area contributed by atoms with Crippen LogP contribution in [-0.4, -0.2) is 36.1 Å². The first kappa shape index (κ1) is 18.6. The van der Waals surface area contributed by atoms with Gasteiger partial charge in [0.05, 0.1) is 12.6 Å². The number of carbonyl (C=O) groups is 2. The molecule has 3 aliphatic rings. The van der Waals surface area contributed by atoms with Crippen LogP contribution in [0.5, 0.6) is 0 Å². The second-order valence-electron chi connectivity index (χ2n) is 9.21. The van der Waals surface area contributed by atoms with Gasteiger partial charge >= 0.3 is 6.03 Å². The lowest BCUT2D eigenvalue weighted by Crippen LogP contribution is -3.19. The molecule has 2 aromatic rings. The molecular formula is C24H30N3O2+. The lowest BCUT2D eigenvalue weighted by molar-refractivity contribution is -0.942. The van der Waals surface area contributed by atoms with E-state index in [1.54, 1.807) is 0 Å². The third-order valence-corrected chi connectivity index (χ3v) is 7.47. The zero-order valence-electron chi connectivity index (χ0n) is 17.1. The van der Waals surface area contributed by atoms with Crippen LogP contribution >= 0.6 is 0 Å². The fraction of sp³-hybridized carbons (Fsp3) is 0.500. The average Bonchev–Trinajstić information content (AvgIpc) is 2.97. The Kier molecular flexibility index (Phi) is 4.58. The first-order valence-corrected chi connectivity index (χ1v) is 11.0. The summed E-state index contributed by atoms with van der Waals surface area (Å²) in [6, 6.07) is 14.5. The highest BCUT2D eigenvalue weighted by Crippen LogP contribution is 2.32. The molecule has 1 aliphatic carbocycles. The number of benzene rings is 2. The van der Waals surface area contributed by atoms with E-state index in [4.69, 9.17) is 0 Å². The number of fused-ring (bicyclic) bond motifs is 2. The Morgan fingerprint density at radius 2 is 1.79 bits per heavy atom. The standard InChI is InChI=1S/C24H29N3O2/c1-24(20-13-12-17-7-2-3-9-19(17)15-20)22(28)27(23(29)25-24)16-26-14-6-10-18-8-4-5-11-21(18)26/h2-3,7,9,12-13,15,18,21H,4-6,8,10-11,14,16H2,1H3,(H,25,29)/p+1/t18-,21+,24+/m1/s1. The lowest BCUT2D eigenvalue weighted by atomic mass is 9.78. The molecule has 1 saturated carbocycles. The highest BCUT2D eigenvalue weighted by molar-refractivity contribution is 6.07. The van der Waals surface area contributed by atoms with Crippen molar-refractivity contribution in [3.63, 3.8) is 0 Å². The highest BCUT2D eigenvalue weighted by atomic mass is 16.2. The number of nitrogens with zero attached hydrogens (tertiary/aromatic N) is 1. The van der Waals surface area contributed by atoms with Crippen LogP contribution in [-0.2, 0) is 10.3 Å². The van der Waals surface area contributed by atoms with E-state index in [0.717, 1.165) is 28.8 Å². The molecule has 2 saturated heterocycles. The Bertz CT molecular complexity index is 956. The van der Waals surface area contributed by atoms with Crippen molar-refractivity contribution in [1.29, 1.82) is 0 Å². The smallest absolute Gasteiger partial charge is 0.319 e. The number of hydrogen-bond donors (Lipinski definition) is 2. The number of quaternary nitrogens is 1. The minimum Gasteiger partial charge on any atom is -0.319 e. The Labute approximate surface area is 172 Å². The molecular weight excluding hydrogens is 362 g/mol. The quantitative estimate of drug-likeness (QED) is 0.790. The van der Waals surface area contributed by atoms with Crippen LogP contribution in [0.15, 0.2) is 42.5 Å². The molecule has 2 aliphatic heterocycles. The van der Waals surface area contributed by atoms with Crippen molar-refractivity contribution in [1.82, 2.24) is 10.2 Å². The molecule has 4 atom stereocenters. The molecule has 3 amide bonds. The maximum atomic E-state index is 13.4. The van der Waals surface area contributed by atoms with Crippen molar-refractivity contribution in [3.05, 3.63) is 48.0 Å². The molecule has 3 fully saturated rings. The molecule has 0 aromatic heterocycles. The summed E-state index contributed by atoms with van der Waals surface area (Å²) in [5.41, 5.74) is -0.149. The van der Waals surface area contributed by atoms with Gasteiger partial charge in [-0.3, -0.25) is 4.79 Å². The molecule has 5 rings (SSSR count). The molecule has 29 heavy (non-hydrogen) atoms. The number of nitrogens with one attached hydrogen (secondary N) is 2. The van der Waals surface area contributed by atoms with E-state index in [0.29, 0.717) is 12.7 Å². The third kappa shape index (κ3) is 3.12. The van der Waals surface area contributed by atoms with Gasteiger partial charge in [0.15, 0.2) is 6.67 Å². The Morgan fingerprint density at radius 3 is 2.66 bits per heavy atom. The summed E-state index contributed by atoms with van der Waals surface area (Å²) in [5.74, 6) is 0.642. The monoisotopic (exact) mass is 392 g/mol. The fourth-order valence-electron chi connectivity index (χ4n) is 5.80. The van der Waals surface area contributed by atoms with Crippen molar-refractivity contribution >= 4 is 22.7 Å². The first-order valence-electron chi connectivity index (χ1n) is 11.0. The van der Waals surface area contributed by atoms with Crippen molar-refractivity contribution in [2.24, 2.45) is 5.92 Å². The van der Waals surface area contributed by atoms with Gasteiger partial charge in [0.25, 0.3) is 5.91 Å². The van der Waals surface area contributed by atoms with Crippen LogP contribution in [0.1, 0.15) is 51.0 Å². The maximum absolute atomic E-state index is 13.4. The molecule has 1 unspecified atom stereocenters. The number of carbonyl (C=O) groups excluding carboxylic acids is 2. The second-order valence-corrected chi connectivity index (χ2v) is 9.21. The number of imide groups is 1. The number of urea groups is 1. The maximum Gasteiger partial charge on any atom is 0.329 e. The topological polar surface area (TPSA) is 53.9 Å². The number of hydrogen-bond acceptors (Lipinski definition) is 2. The summed E-state index contributed by atoms with van der Waals surface area (Å²) in [6.45, 7) is 3.40. The van der Waals surface area contributed by atoms with Crippen molar-refractivity contribution in [2.45, 2.75) is 57.0 Å². The molecule has 5 nitrogen and oxygen atoms in total. The number of piperidine rings is 1.